The first-order chi connectivity index (χ1) is 8.36. The van der Waals surface area contributed by atoms with E-state index in [9.17, 15) is 5.11 Å². The summed E-state index contributed by atoms with van der Waals surface area (Å²) in [5.74, 6) is 1.34. The monoisotopic (exact) mass is 250 g/mol. The highest BCUT2D eigenvalue weighted by Crippen LogP contribution is 2.33. The molecule has 1 N–H and O–H groups in total. The summed E-state index contributed by atoms with van der Waals surface area (Å²) in [4.78, 5) is 0. The van der Waals surface area contributed by atoms with Crippen LogP contribution in [-0.2, 0) is 0 Å². The molecular formula is C16H26O2. The van der Waals surface area contributed by atoms with Crippen LogP contribution in [0.25, 0.3) is 0 Å². The van der Waals surface area contributed by atoms with Gasteiger partial charge in [-0.05, 0) is 61.9 Å². The van der Waals surface area contributed by atoms with E-state index in [1.54, 1.807) is 0 Å². The van der Waals surface area contributed by atoms with Gasteiger partial charge >= 0.3 is 0 Å². The summed E-state index contributed by atoms with van der Waals surface area (Å²) in [6.07, 6.45) is 0.530. The maximum atomic E-state index is 10.0. The Labute approximate surface area is 111 Å². The second-order valence-corrected chi connectivity index (χ2v) is 5.49. The highest BCUT2D eigenvalue weighted by Gasteiger charge is 2.16. The Bertz CT molecular complexity index is 394. The van der Waals surface area contributed by atoms with Crippen molar-refractivity contribution < 1.29 is 9.84 Å². The molecule has 0 amide bonds. The van der Waals surface area contributed by atoms with E-state index in [0.717, 1.165) is 23.3 Å². The Morgan fingerprint density at radius 1 is 1.11 bits per heavy atom. The Morgan fingerprint density at radius 3 is 2.17 bits per heavy atom. The van der Waals surface area contributed by atoms with Crippen molar-refractivity contribution in [2.45, 2.75) is 66.1 Å². The lowest BCUT2D eigenvalue weighted by Crippen LogP contribution is -2.10. The van der Waals surface area contributed by atoms with Gasteiger partial charge in [0.05, 0.1) is 12.2 Å². The predicted octanol–water partition coefficient (Wildman–Crippen LogP) is 4.35. The van der Waals surface area contributed by atoms with Gasteiger partial charge in [-0.15, -0.1) is 0 Å². The third kappa shape index (κ3) is 3.49. The van der Waals surface area contributed by atoms with Crippen LogP contribution in [0.4, 0.5) is 0 Å². The van der Waals surface area contributed by atoms with Crippen LogP contribution >= 0.6 is 0 Å². The lowest BCUT2D eigenvalue weighted by Gasteiger charge is -2.21. The van der Waals surface area contributed by atoms with Gasteiger partial charge in [0.25, 0.3) is 0 Å². The van der Waals surface area contributed by atoms with E-state index in [0.29, 0.717) is 5.92 Å². The van der Waals surface area contributed by atoms with Crippen molar-refractivity contribution in [1.82, 2.24) is 0 Å². The predicted molar refractivity (Wildman–Crippen MR) is 76.3 cm³/mol. The summed E-state index contributed by atoms with van der Waals surface area (Å²) < 4.78 is 5.87. The standard InChI is InChI=1S/C16H26O2/c1-7-15(17)14-9-13(10(2)3)16(8-12(14)6)18-11(4)5/h8-11,15,17H,7H2,1-6H3. The highest BCUT2D eigenvalue weighted by atomic mass is 16.5. The first-order valence-electron chi connectivity index (χ1n) is 6.85. The molecule has 2 nitrogen and oxygen atoms in total. The van der Waals surface area contributed by atoms with E-state index in [2.05, 4.69) is 26.0 Å². The largest absolute Gasteiger partial charge is 0.491 e. The van der Waals surface area contributed by atoms with Crippen molar-refractivity contribution in [3.8, 4) is 5.75 Å². The Morgan fingerprint density at radius 2 is 1.72 bits per heavy atom. The van der Waals surface area contributed by atoms with Gasteiger partial charge < -0.3 is 9.84 Å². The van der Waals surface area contributed by atoms with Gasteiger partial charge in [0.1, 0.15) is 5.75 Å². The topological polar surface area (TPSA) is 29.5 Å². The molecule has 2 heteroatoms. The number of hydrogen-bond donors (Lipinski definition) is 1. The van der Waals surface area contributed by atoms with Crippen molar-refractivity contribution >= 4 is 0 Å². The van der Waals surface area contributed by atoms with Gasteiger partial charge in [-0.25, -0.2) is 0 Å². The van der Waals surface area contributed by atoms with Crippen LogP contribution in [0, 0.1) is 6.92 Å². The third-order valence-electron chi connectivity index (χ3n) is 3.13. The maximum Gasteiger partial charge on any atom is 0.123 e. The van der Waals surface area contributed by atoms with Crippen LogP contribution in [-0.4, -0.2) is 11.2 Å². The molecule has 0 heterocycles. The fourth-order valence-electron chi connectivity index (χ4n) is 2.10. The van der Waals surface area contributed by atoms with Crippen LogP contribution in [0.3, 0.4) is 0 Å². The Kier molecular flexibility index (Phi) is 5.21. The summed E-state index contributed by atoms with van der Waals surface area (Å²) in [5, 5.41) is 10.0. The first-order valence-corrected chi connectivity index (χ1v) is 6.85. The molecule has 1 aromatic carbocycles. The first kappa shape index (κ1) is 15.0. The number of hydrogen-bond acceptors (Lipinski definition) is 2. The number of aryl methyl sites for hydroxylation is 1. The molecule has 0 saturated heterocycles. The zero-order valence-corrected chi connectivity index (χ0v) is 12.4. The molecule has 0 aliphatic carbocycles. The molecule has 18 heavy (non-hydrogen) atoms. The van der Waals surface area contributed by atoms with Gasteiger partial charge in [-0.1, -0.05) is 20.8 Å². The van der Waals surface area contributed by atoms with Crippen LogP contribution in [0.5, 0.6) is 5.75 Å². The van der Waals surface area contributed by atoms with E-state index in [1.165, 1.54) is 5.56 Å². The van der Waals surface area contributed by atoms with Crippen LogP contribution < -0.4 is 4.74 Å². The van der Waals surface area contributed by atoms with Gasteiger partial charge in [0, 0.05) is 0 Å². The molecule has 1 unspecified atom stereocenters. The van der Waals surface area contributed by atoms with E-state index in [-0.39, 0.29) is 12.2 Å². The van der Waals surface area contributed by atoms with Gasteiger partial charge in [0.15, 0.2) is 0 Å². The van der Waals surface area contributed by atoms with Crippen LogP contribution in [0.15, 0.2) is 12.1 Å². The van der Waals surface area contributed by atoms with Crippen molar-refractivity contribution in [1.29, 1.82) is 0 Å². The van der Waals surface area contributed by atoms with E-state index >= 15 is 0 Å². The number of rotatable bonds is 5. The lowest BCUT2D eigenvalue weighted by molar-refractivity contribution is 0.172. The Hall–Kier alpha value is -1.02. The van der Waals surface area contributed by atoms with E-state index < -0.39 is 0 Å². The second-order valence-electron chi connectivity index (χ2n) is 5.49. The molecule has 0 aliphatic heterocycles. The highest BCUT2D eigenvalue weighted by molar-refractivity contribution is 5.44. The van der Waals surface area contributed by atoms with Crippen molar-refractivity contribution in [3.63, 3.8) is 0 Å². The van der Waals surface area contributed by atoms with Gasteiger partial charge in [-0.3, -0.25) is 0 Å². The Balaban J connectivity index is 3.25. The SMILES string of the molecule is CCC(O)c1cc(C(C)C)c(OC(C)C)cc1C. The van der Waals surface area contributed by atoms with Crippen LogP contribution in [0.2, 0.25) is 0 Å². The summed E-state index contributed by atoms with van der Waals surface area (Å²) >= 11 is 0. The number of benzene rings is 1. The molecule has 0 fully saturated rings. The van der Waals surface area contributed by atoms with Crippen LogP contribution in [0.1, 0.15) is 69.8 Å². The molecule has 0 spiro atoms. The molecular weight excluding hydrogens is 224 g/mol. The van der Waals surface area contributed by atoms with E-state index in [4.69, 9.17) is 4.74 Å². The summed E-state index contributed by atoms with van der Waals surface area (Å²) in [6, 6.07) is 4.16. The zero-order chi connectivity index (χ0) is 13.9. The average Bonchev–Trinajstić information content (AvgIpc) is 2.27. The normalized spacial score (nSPS) is 13.2. The van der Waals surface area contributed by atoms with Gasteiger partial charge in [0.2, 0.25) is 0 Å². The molecule has 0 radical (unpaired) electrons. The minimum Gasteiger partial charge on any atom is -0.491 e. The summed E-state index contributed by atoms with van der Waals surface area (Å²) in [6.45, 7) is 12.4. The number of ether oxygens (including phenoxy) is 1. The average molecular weight is 250 g/mol. The molecule has 0 aromatic heterocycles. The maximum absolute atomic E-state index is 10.0. The molecule has 0 bridgehead atoms. The fourth-order valence-corrected chi connectivity index (χ4v) is 2.10. The van der Waals surface area contributed by atoms with Gasteiger partial charge in [-0.2, -0.15) is 0 Å². The second kappa shape index (κ2) is 6.24. The zero-order valence-electron chi connectivity index (χ0n) is 12.4. The lowest BCUT2D eigenvalue weighted by atomic mass is 9.93. The molecule has 0 saturated carbocycles. The third-order valence-corrected chi connectivity index (χ3v) is 3.13. The van der Waals surface area contributed by atoms with Crippen molar-refractivity contribution in [2.24, 2.45) is 0 Å². The molecule has 1 rings (SSSR count). The van der Waals surface area contributed by atoms with Crippen molar-refractivity contribution in [3.05, 3.63) is 28.8 Å². The molecule has 1 aromatic rings. The minimum absolute atomic E-state index is 0.170. The summed E-state index contributed by atoms with van der Waals surface area (Å²) in [7, 11) is 0. The number of aliphatic hydroxyl groups excluding tert-OH is 1. The molecule has 0 aliphatic rings. The quantitative estimate of drug-likeness (QED) is 0.842. The minimum atomic E-state index is -0.379. The molecule has 1 atom stereocenters. The summed E-state index contributed by atoms with van der Waals surface area (Å²) in [5.41, 5.74) is 3.30. The van der Waals surface area contributed by atoms with E-state index in [1.807, 2.05) is 27.7 Å². The molecule has 102 valence electrons. The fraction of sp³-hybridized carbons (Fsp3) is 0.625. The number of aliphatic hydroxyl groups is 1. The van der Waals surface area contributed by atoms with Crippen molar-refractivity contribution in [2.75, 3.05) is 0 Å². The smallest absolute Gasteiger partial charge is 0.123 e.